The van der Waals surface area contributed by atoms with E-state index in [-0.39, 0.29) is 5.91 Å². The number of aromatic nitrogens is 3. The van der Waals surface area contributed by atoms with Crippen LogP contribution in [0.5, 0.6) is 0 Å². The molecule has 3 heterocycles. The van der Waals surface area contributed by atoms with E-state index in [0.717, 1.165) is 26.7 Å². The lowest BCUT2D eigenvalue weighted by atomic mass is 10.1. The molecule has 0 radical (unpaired) electrons. The molecule has 1 fully saturated rings. The summed E-state index contributed by atoms with van der Waals surface area (Å²) in [4.78, 5) is 28.6. The molecule has 8 nitrogen and oxygen atoms in total. The number of aryl methyl sites for hydroxylation is 1. The van der Waals surface area contributed by atoms with Gasteiger partial charge in [0.25, 0.3) is 5.91 Å². The second-order valence-corrected chi connectivity index (χ2v) is 8.67. The van der Waals surface area contributed by atoms with E-state index in [1.165, 1.54) is 0 Å². The van der Waals surface area contributed by atoms with Gasteiger partial charge in [-0.3, -0.25) is 4.79 Å². The molecular formula is C22H25N5O3S. The first kappa shape index (κ1) is 21.4. The van der Waals surface area contributed by atoms with Crippen molar-refractivity contribution in [2.45, 2.75) is 26.4 Å². The highest BCUT2D eigenvalue weighted by molar-refractivity contribution is 7.15. The molecule has 1 atom stereocenters. The highest BCUT2D eigenvalue weighted by atomic mass is 32.1. The standard InChI is InChI=1S/C22H25N5O3S/c1-14-9-16(19-13-24-20(31-19)11-15(2)28)12-17(10-14)25-22-23-4-3-18(26-22)21(29)27-5-7-30-8-6-27/h3-4,9-10,12-13,15,28H,5-8,11H2,1-2H3,(H,23,25,26). The van der Waals surface area contributed by atoms with Gasteiger partial charge in [0.1, 0.15) is 5.69 Å². The van der Waals surface area contributed by atoms with Crippen LogP contribution >= 0.6 is 11.3 Å². The van der Waals surface area contributed by atoms with Crippen molar-refractivity contribution in [2.75, 3.05) is 31.6 Å². The van der Waals surface area contributed by atoms with Gasteiger partial charge in [0.15, 0.2) is 0 Å². The molecule has 1 saturated heterocycles. The number of amides is 1. The topological polar surface area (TPSA) is 100 Å². The zero-order valence-corrected chi connectivity index (χ0v) is 18.4. The first-order valence-electron chi connectivity index (χ1n) is 10.2. The number of carbonyl (C=O) groups excluding carboxylic acids is 1. The third-order valence-electron chi connectivity index (χ3n) is 4.81. The molecule has 9 heteroatoms. The molecule has 2 N–H and O–H groups in total. The summed E-state index contributed by atoms with van der Waals surface area (Å²) in [5.74, 6) is 0.253. The lowest BCUT2D eigenvalue weighted by Crippen LogP contribution is -2.41. The number of carbonyl (C=O) groups is 1. The molecule has 1 amide bonds. The molecule has 0 aliphatic carbocycles. The van der Waals surface area contributed by atoms with Crippen LogP contribution in [0.3, 0.4) is 0 Å². The third-order valence-corrected chi connectivity index (χ3v) is 5.88. The van der Waals surface area contributed by atoms with Crippen molar-refractivity contribution in [2.24, 2.45) is 0 Å². The SMILES string of the molecule is Cc1cc(Nc2nccc(C(=O)N3CCOCC3)n2)cc(-c2cnc(CC(C)O)s2)c1. The van der Waals surface area contributed by atoms with Crippen LogP contribution < -0.4 is 5.32 Å². The summed E-state index contributed by atoms with van der Waals surface area (Å²) >= 11 is 1.57. The van der Waals surface area contributed by atoms with E-state index in [9.17, 15) is 9.90 Å². The Morgan fingerprint density at radius 3 is 2.87 bits per heavy atom. The normalized spacial score (nSPS) is 15.0. The number of nitrogens with one attached hydrogen (secondary N) is 1. The molecule has 0 saturated carbocycles. The number of aliphatic hydroxyl groups excluding tert-OH is 1. The number of benzene rings is 1. The number of morpholine rings is 1. The van der Waals surface area contributed by atoms with Crippen LogP contribution in [0.1, 0.15) is 28.0 Å². The van der Waals surface area contributed by atoms with E-state index in [1.54, 1.807) is 35.4 Å². The third kappa shape index (κ3) is 5.43. The van der Waals surface area contributed by atoms with Gasteiger partial charge in [-0.15, -0.1) is 11.3 Å². The van der Waals surface area contributed by atoms with Gasteiger partial charge in [-0.05, 0) is 43.2 Å². The molecule has 0 bridgehead atoms. The highest BCUT2D eigenvalue weighted by Crippen LogP contribution is 2.30. The highest BCUT2D eigenvalue weighted by Gasteiger charge is 2.20. The molecule has 4 rings (SSSR count). The molecular weight excluding hydrogens is 414 g/mol. The molecule has 162 valence electrons. The maximum atomic E-state index is 12.7. The van der Waals surface area contributed by atoms with Crippen LogP contribution in [0.2, 0.25) is 0 Å². The van der Waals surface area contributed by atoms with E-state index in [1.807, 2.05) is 25.3 Å². The van der Waals surface area contributed by atoms with Gasteiger partial charge in [-0.25, -0.2) is 15.0 Å². The predicted octanol–water partition coefficient (Wildman–Crippen LogP) is 3.05. The Kier molecular flexibility index (Phi) is 6.55. The fourth-order valence-corrected chi connectivity index (χ4v) is 4.41. The van der Waals surface area contributed by atoms with Crippen molar-refractivity contribution >= 4 is 28.9 Å². The quantitative estimate of drug-likeness (QED) is 0.609. The largest absolute Gasteiger partial charge is 0.393 e. The fraction of sp³-hybridized carbons (Fsp3) is 0.364. The summed E-state index contributed by atoms with van der Waals surface area (Å²) in [6.07, 6.45) is 3.54. The smallest absolute Gasteiger partial charge is 0.272 e. The molecule has 3 aromatic rings. The molecule has 1 unspecified atom stereocenters. The molecule has 31 heavy (non-hydrogen) atoms. The van der Waals surface area contributed by atoms with E-state index >= 15 is 0 Å². The van der Waals surface area contributed by atoms with Gasteiger partial charge < -0.3 is 20.1 Å². The van der Waals surface area contributed by atoms with Crippen molar-refractivity contribution < 1.29 is 14.6 Å². The Morgan fingerprint density at radius 1 is 1.29 bits per heavy atom. The summed E-state index contributed by atoms with van der Waals surface area (Å²) in [5.41, 5.74) is 3.29. The Balaban J connectivity index is 1.53. The summed E-state index contributed by atoms with van der Waals surface area (Å²) in [5, 5.41) is 13.7. The van der Waals surface area contributed by atoms with E-state index in [4.69, 9.17) is 4.74 Å². The predicted molar refractivity (Wildman–Crippen MR) is 120 cm³/mol. The van der Waals surface area contributed by atoms with Gasteiger partial charge in [-0.1, -0.05) is 6.07 Å². The van der Waals surface area contributed by atoms with E-state index in [0.29, 0.717) is 44.4 Å². The minimum atomic E-state index is -0.418. The number of anilines is 2. The van der Waals surface area contributed by atoms with Crippen LogP contribution in [-0.2, 0) is 11.2 Å². The zero-order chi connectivity index (χ0) is 21.8. The van der Waals surface area contributed by atoms with Crippen LogP contribution in [0.25, 0.3) is 10.4 Å². The summed E-state index contributed by atoms with van der Waals surface area (Å²) in [6, 6.07) is 7.73. The lowest BCUT2D eigenvalue weighted by Gasteiger charge is -2.26. The van der Waals surface area contributed by atoms with Crippen LogP contribution in [0.4, 0.5) is 11.6 Å². The van der Waals surface area contributed by atoms with Gasteiger partial charge in [-0.2, -0.15) is 0 Å². The fourth-order valence-electron chi connectivity index (χ4n) is 3.38. The number of hydrogen-bond donors (Lipinski definition) is 2. The molecule has 1 aliphatic rings. The zero-order valence-electron chi connectivity index (χ0n) is 17.5. The van der Waals surface area contributed by atoms with Crippen LogP contribution in [0, 0.1) is 6.92 Å². The maximum absolute atomic E-state index is 12.7. The lowest BCUT2D eigenvalue weighted by molar-refractivity contribution is 0.0299. The van der Waals surface area contributed by atoms with Gasteiger partial charge in [0.2, 0.25) is 5.95 Å². The van der Waals surface area contributed by atoms with Crippen molar-refractivity contribution in [3.05, 3.63) is 52.9 Å². The summed E-state index contributed by atoms with van der Waals surface area (Å²) in [7, 11) is 0. The minimum absolute atomic E-state index is 0.117. The molecule has 2 aromatic heterocycles. The van der Waals surface area contributed by atoms with Gasteiger partial charge in [0.05, 0.1) is 29.2 Å². The average molecular weight is 440 g/mol. The van der Waals surface area contributed by atoms with Crippen molar-refractivity contribution in [3.8, 4) is 10.4 Å². The molecule has 1 aliphatic heterocycles. The van der Waals surface area contributed by atoms with E-state index in [2.05, 4.69) is 26.3 Å². The summed E-state index contributed by atoms with van der Waals surface area (Å²) in [6.45, 7) is 6.01. The first-order valence-corrected chi connectivity index (χ1v) is 11.0. The van der Waals surface area contributed by atoms with Crippen LogP contribution in [0.15, 0.2) is 36.7 Å². The second-order valence-electron chi connectivity index (χ2n) is 7.55. The Morgan fingerprint density at radius 2 is 2.10 bits per heavy atom. The van der Waals surface area contributed by atoms with Crippen LogP contribution in [-0.4, -0.2) is 63.3 Å². The Labute approximate surface area is 185 Å². The number of nitrogens with zero attached hydrogens (tertiary/aromatic N) is 4. The first-order chi connectivity index (χ1) is 15.0. The van der Waals surface area contributed by atoms with Crippen molar-refractivity contribution in [1.82, 2.24) is 19.9 Å². The number of rotatable bonds is 6. The summed E-state index contributed by atoms with van der Waals surface area (Å²) < 4.78 is 5.31. The number of hydrogen-bond acceptors (Lipinski definition) is 8. The van der Waals surface area contributed by atoms with Gasteiger partial charge in [0, 0.05) is 37.6 Å². The number of thiazole rings is 1. The van der Waals surface area contributed by atoms with Crippen molar-refractivity contribution in [3.63, 3.8) is 0 Å². The molecule has 1 aromatic carbocycles. The second kappa shape index (κ2) is 9.51. The maximum Gasteiger partial charge on any atom is 0.272 e. The Hall–Kier alpha value is -2.88. The number of ether oxygens (including phenoxy) is 1. The van der Waals surface area contributed by atoms with Crippen molar-refractivity contribution in [1.29, 1.82) is 0 Å². The average Bonchev–Trinajstić information content (AvgIpc) is 3.21. The monoisotopic (exact) mass is 439 g/mol. The molecule has 0 spiro atoms. The van der Waals surface area contributed by atoms with E-state index < -0.39 is 6.10 Å². The number of aliphatic hydroxyl groups is 1. The van der Waals surface area contributed by atoms with Gasteiger partial charge >= 0.3 is 0 Å². The Bertz CT molecular complexity index is 1060. The minimum Gasteiger partial charge on any atom is -0.393 e.